The molecule has 1 nitrogen and oxygen atoms in total. The lowest BCUT2D eigenvalue weighted by Gasteiger charge is -2.33. The highest BCUT2D eigenvalue weighted by molar-refractivity contribution is 14.1. The van der Waals surface area contributed by atoms with Gasteiger partial charge in [-0.25, -0.2) is 0 Å². The average molecular weight is 290 g/mol. The number of carbonyl (C=O) groups is 1. The third kappa shape index (κ3) is 1.47. The number of hydrogen-bond acceptors (Lipinski definition) is 1. The molecule has 2 saturated carbocycles. The molecule has 0 heterocycles. The molecule has 0 spiro atoms. The molecule has 0 aromatic rings. The van der Waals surface area contributed by atoms with Crippen molar-refractivity contribution in [2.24, 2.45) is 11.3 Å². The minimum atomic E-state index is 0.00918. The van der Waals surface area contributed by atoms with Gasteiger partial charge in [-0.15, -0.1) is 0 Å². The quantitative estimate of drug-likeness (QED) is 0.624. The summed E-state index contributed by atoms with van der Waals surface area (Å²) < 4.78 is 2.18. The molecule has 2 rings (SSSR count). The van der Waals surface area contributed by atoms with E-state index in [9.17, 15) is 4.79 Å². The van der Waals surface area contributed by atoms with Crippen LogP contribution in [-0.4, -0.2) is 5.78 Å². The SMILES string of the molecule is C[C@]12C/C(=C/I)C[C@H]1CCCC2=O. The van der Waals surface area contributed by atoms with E-state index < -0.39 is 0 Å². The Morgan fingerprint density at radius 1 is 1.62 bits per heavy atom. The molecule has 0 amide bonds. The Morgan fingerprint density at radius 3 is 3.00 bits per heavy atom. The van der Waals surface area contributed by atoms with Crippen LogP contribution in [0, 0.1) is 11.3 Å². The van der Waals surface area contributed by atoms with Crippen LogP contribution in [-0.2, 0) is 4.79 Å². The summed E-state index contributed by atoms with van der Waals surface area (Å²) >= 11 is 2.30. The lowest BCUT2D eigenvalue weighted by Crippen LogP contribution is -2.35. The van der Waals surface area contributed by atoms with Crippen LogP contribution in [0.5, 0.6) is 0 Å². The van der Waals surface area contributed by atoms with Crippen molar-refractivity contribution >= 4 is 28.4 Å². The third-order valence-corrected chi connectivity index (χ3v) is 4.63. The second kappa shape index (κ2) is 3.37. The lowest BCUT2D eigenvalue weighted by atomic mass is 9.69. The van der Waals surface area contributed by atoms with E-state index >= 15 is 0 Å². The van der Waals surface area contributed by atoms with E-state index in [-0.39, 0.29) is 5.41 Å². The normalized spacial score (nSPS) is 42.5. The largest absolute Gasteiger partial charge is 0.299 e. The fraction of sp³-hybridized carbons (Fsp3) is 0.727. The predicted molar refractivity (Wildman–Crippen MR) is 61.8 cm³/mol. The van der Waals surface area contributed by atoms with Crippen molar-refractivity contribution in [2.75, 3.05) is 0 Å². The lowest BCUT2D eigenvalue weighted by molar-refractivity contribution is -0.132. The van der Waals surface area contributed by atoms with E-state index in [0.29, 0.717) is 11.7 Å². The number of halogens is 1. The molecule has 13 heavy (non-hydrogen) atoms. The summed E-state index contributed by atoms with van der Waals surface area (Å²) in [6.07, 6.45) is 5.40. The van der Waals surface area contributed by atoms with Crippen molar-refractivity contribution in [3.8, 4) is 0 Å². The summed E-state index contributed by atoms with van der Waals surface area (Å²) in [4.78, 5) is 11.8. The second-order valence-corrected chi connectivity index (χ2v) is 5.20. The number of carbonyl (C=O) groups excluding carboxylic acids is 1. The van der Waals surface area contributed by atoms with Crippen LogP contribution in [0.25, 0.3) is 0 Å². The molecule has 0 aromatic heterocycles. The van der Waals surface area contributed by atoms with Crippen molar-refractivity contribution in [3.05, 3.63) is 9.66 Å². The monoisotopic (exact) mass is 290 g/mol. The molecule has 2 atom stereocenters. The van der Waals surface area contributed by atoms with Gasteiger partial charge in [0.1, 0.15) is 5.78 Å². The topological polar surface area (TPSA) is 17.1 Å². The van der Waals surface area contributed by atoms with Crippen molar-refractivity contribution in [3.63, 3.8) is 0 Å². The van der Waals surface area contributed by atoms with Gasteiger partial charge in [-0.3, -0.25) is 4.79 Å². The van der Waals surface area contributed by atoms with E-state index in [1.165, 1.54) is 18.4 Å². The molecule has 2 aliphatic rings. The summed E-state index contributed by atoms with van der Waals surface area (Å²) in [5.41, 5.74) is 1.50. The van der Waals surface area contributed by atoms with Gasteiger partial charge in [-0.2, -0.15) is 0 Å². The van der Waals surface area contributed by atoms with Crippen molar-refractivity contribution < 1.29 is 4.79 Å². The first-order chi connectivity index (χ1) is 6.16. The van der Waals surface area contributed by atoms with Crippen LogP contribution < -0.4 is 0 Å². The first kappa shape index (κ1) is 9.69. The zero-order chi connectivity index (χ0) is 9.47. The summed E-state index contributed by atoms with van der Waals surface area (Å²) in [6.45, 7) is 2.17. The second-order valence-electron chi connectivity index (χ2n) is 4.58. The van der Waals surface area contributed by atoms with Gasteiger partial charge in [0.2, 0.25) is 0 Å². The summed E-state index contributed by atoms with van der Waals surface area (Å²) in [7, 11) is 0. The number of ketones is 1. The molecule has 0 unspecified atom stereocenters. The van der Waals surface area contributed by atoms with E-state index in [1.54, 1.807) is 0 Å². The summed E-state index contributed by atoms with van der Waals surface area (Å²) in [5.74, 6) is 1.16. The zero-order valence-electron chi connectivity index (χ0n) is 7.98. The maximum atomic E-state index is 11.8. The number of fused-ring (bicyclic) bond motifs is 1. The zero-order valence-corrected chi connectivity index (χ0v) is 10.1. The van der Waals surface area contributed by atoms with Gasteiger partial charge < -0.3 is 0 Å². The molecule has 0 aromatic carbocycles. The van der Waals surface area contributed by atoms with Gasteiger partial charge in [0, 0.05) is 11.8 Å². The molecule has 0 saturated heterocycles. The molecule has 2 fully saturated rings. The molecule has 0 aliphatic heterocycles. The Balaban J connectivity index is 2.28. The van der Waals surface area contributed by atoms with E-state index in [4.69, 9.17) is 0 Å². The highest BCUT2D eigenvalue weighted by Gasteiger charge is 2.47. The van der Waals surface area contributed by atoms with Crippen LogP contribution in [0.15, 0.2) is 9.66 Å². The Hall–Kier alpha value is 0.140. The van der Waals surface area contributed by atoms with Crippen LogP contribution in [0.3, 0.4) is 0 Å². The number of allylic oxidation sites excluding steroid dienone is 1. The van der Waals surface area contributed by atoms with Crippen molar-refractivity contribution in [1.82, 2.24) is 0 Å². The maximum absolute atomic E-state index is 11.8. The average Bonchev–Trinajstić information content (AvgIpc) is 2.45. The van der Waals surface area contributed by atoms with Crippen molar-refractivity contribution in [1.29, 1.82) is 0 Å². The minimum Gasteiger partial charge on any atom is -0.299 e. The van der Waals surface area contributed by atoms with Crippen LogP contribution in [0.2, 0.25) is 0 Å². The first-order valence-electron chi connectivity index (χ1n) is 4.98. The summed E-state index contributed by atoms with van der Waals surface area (Å²) in [6, 6.07) is 0. The molecule has 0 radical (unpaired) electrons. The number of Topliss-reactive ketones (excluding diaryl/α,β-unsaturated/α-hetero) is 1. The van der Waals surface area contributed by atoms with Gasteiger partial charge in [-0.05, 0) is 35.7 Å². The molecule has 0 N–H and O–H groups in total. The molecular formula is C11H15IO. The highest BCUT2D eigenvalue weighted by atomic mass is 127. The van der Waals surface area contributed by atoms with Crippen LogP contribution in [0.1, 0.15) is 39.0 Å². The first-order valence-corrected chi connectivity index (χ1v) is 6.23. The van der Waals surface area contributed by atoms with Crippen LogP contribution in [0.4, 0.5) is 0 Å². The van der Waals surface area contributed by atoms with Gasteiger partial charge in [-0.1, -0.05) is 35.1 Å². The number of rotatable bonds is 0. The molecule has 2 heteroatoms. The third-order valence-electron chi connectivity index (χ3n) is 3.75. The standard InChI is InChI=1S/C11H15IO/c1-11-6-8(7-12)5-9(11)3-2-4-10(11)13/h7,9H,2-6H2,1H3/b8-7+/t9-,11+/m1/s1. The molecule has 72 valence electrons. The van der Waals surface area contributed by atoms with E-state index in [2.05, 4.69) is 33.6 Å². The fourth-order valence-corrected chi connectivity index (χ4v) is 3.33. The molecular weight excluding hydrogens is 275 g/mol. The Labute approximate surface area is 93.1 Å². The Kier molecular flexibility index (Phi) is 2.51. The van der Waals surface area contributed by atoms with Gasteiger partial charge >= 0.3 is 0 Å². The Morgan fingerprint density at radius 2 is 2.38 bits per heavy atom. The maximum Gasteiger partial charge on any atom is 0.139 e. The van der Waals surface area contributed by atoms with E-state index in [0.717, 1.165) is 19.3 Å². The minimum absolute atomic E-state index is 0.00918. The van der Waals surface area contributed by atoms with Gasteiger partial charge in [0.25, 0.3) is 0 Å². The van der Waals surface area contributed by atoms with E-state index in [1.807, 2.05) is 0 Å². The highest BCUT2D eigenvalue weighted by Crippen LogP contribution is 2.52. The van der Waals surface area contributed by atoms with Crippen LogP contribution >= 0.6 is 22.6 Å². The van der Waals surface area contributed by atoms with Gasteiger partial charge in [0.15, 0.2) is 0 Å². The Bertz CT molecular complexity index is 269. The summed E-state index contributed by atoms with van der Waals surface area (Å²) in [5, 5.41) is 0. The predicted octanol–water partition coefficient (Wildman–Crippen LogP) is 3.47. The molecule has 2 aliphatic carbocycles. The fourth-order valence-electron chi connectivity index (χ4n) is 2.85. The van der Waals surface area contributed by atoms with Crippen molar-refractivity contribution in [2.45, 2.75) is 39.0 Å². The van der Waals surface area contributed by atoms with Gasteiger partial charge in [0.05, 0.1) is 0 Å². The number of hydrogen-bond donors (Lipinski definition) is 0. The molecule has 0 bridgehead atoms. The smallest absolute Gasteiger partial charge is 0.139 e.